The van der Waals surface area contributed by atoms with Gasteiger partial charge < -0.3 is 14.3 Å². The summed E-state index contributed by atoms with van der Waals surface area (Å²) in [6, 6.07) is 0. The highest BCUT2D eigenvalue weighted by Gasteiger charge is 2.74. The van der Waals surface area contributed by atoms with Gasteiger partial charge in [-0.05, 0) is 32.9 Å². The number of esters is 1. The van der Waals surface area contributed by atoms with Crippen LogP contribution in [-0.4, -0.2) is 49.9 Å². The van der Waals surface area contributed by atoms with Crippen LogP contribution in [0.4, 0.5) is 0 Å². The molecule has 0 amide bonds. The maximum Gasteiger partial charge on any atom is 0.331 e. The Morgan fingerprint density at radius 2 is 1.95 bits per heavy atom. The van der Waals surface area contributed by atoms with Crippen LogP contribution in [0.25, 0.3) is 0 Å². The third-order valence-electron chi connectivity index (χ3n) is 5.12. The summed E-state index contributed by atoms with van der Waals surface area (Å²) in [5.74, 6) is -0.379. The first kappa shape index (κ1) is 16.9. The van der Waals surface area contributed by atoms with E-state index in [0.717, 1.165) is 12.8 Å². The molecule has 2 heterocycles. The molecule has 0 radical (unpaired) electrons. The summed E-state index contributed by atoms with van der Waals surface area (Å²) in [5.41, 5.74) is 0.999. The van der Waals surface area contributed by atoms with Gasteiger partial charge in [0.1, 0.15) is 11.7 Å². The normalized spacial score (nSPS) is 36.5. The van der Waals surface area contributed by atoms with Gasteiger partial charge in [-0.3, -0.25) is 4.84 Å². The standard InChI is InChI=1S/C14H27NO5Si/c1-6-13(7-2)11-14(15-20-13,12(17)18-8-3)10(9-16)21(4,5)19-11/h10-11,15-16H,6-9H2,1-5H3/t10-,11+,14+/m0/s1. The fraction of sp³-hybridized carbons (Fsp3) is 0.929. The number of aliphatic hydroxyl groups is 1. The van der Waals surface area contributed by atoms with Crippen LogP contribution in [0.15, 0.2) is 0 Å². The zero-order valence-corrected chi connectivity index (χ0v) is 14.6. The second-order valence-corrected chi connectivity index (χ2v) is 10.5. The van der Waals surface area contributed by atoms with Gasteiger partial charge in [-0.25, -0.2) is 4.79 Å². The molecule has 6 nitrogen and oxygen atoms in total. The van der Waals surface area contributed by atoms with E-state index >= 15 is 0 Å². The fourth-order valence-electron chi connectivity index (χ4n) is 3.77. The van der Waals surface area contributed by atoms with Gasteiger partial charge in [-0.1, -0.05) is 13.8 Å². The fourth-order valence-corrected chi connectivity index (χ4v) is 6.80. The lowest BCUT2D eigenvalue weighted by molar-refractivity contribution is -0.155. The first-order valence-corrected chi connectivity index (χ1v) is 10.7. The number of hydrogen-bond donors (Lipinski definition) is 2. The molecular formula is C14H27NO5Si. The maximum absolute atomic E-state index is 12.7. The molecule has 2 fully saturated rings. The number of carbonyl (C=O) groups excluding carboxylic acids is 1. The molecule has 21 heavy (non-hydrogen) atoms. The molecule has 0 aliphatic carbocycles. The number of fused-ring (bicyclic) bond motifs is 1. The van der Waals surface area contributed by atoms with E-state index in [2.05, 4.69) is 5.48 Å². The van der Waals surface area contributed by atoms with Crippen LogP contribution in [0.5, 0.6) is 0 Å². The summed E-state index contributed by atoms with van der Waals surface area (Å²) in [4.78, 5) is 18.5. The summed E-state index contributed by atoms with van der Waals surface area (Å²) < 4.78 is 11.6. The van der Waals surface area contributed by atoms with Crippen molar-refractivity contribution in [3.05, 3.63) is 0 Å². The van der Waals surface area contributed by atoms with Gasteiger partial charge >= 0.3 is 5.97 Å². The van der Waals surface area contributed by atoms with Crippen molar-refractivity contribution >= 4 is 14.3 Å². The van der Waals surface area contributed by atoms with Crippen LogP contribution in [0.2, 0.25) is 18.6 Å². The van der Waals surface area contributed by atoms with Crippen LogP contribution >= 0.6 is 0 Å². The van der Waals surface area contributed by atoms with Crippen molar-refractivity contribution in [2.45, 2.75) is 69.5 Å². The highest BCUT2D eigenvalue weighted by Crippen LogP contribution is 2.54. The van der Waals surface area contributed by atoms with Crippen molar-refractivity contribution in [2.24, 2.45) is 0 Å². The summed E-state index contributed by atoms with van der Waals surface area (Å²) >= 11 is 0. The van der Waals surface area contributed by atoms with Crippen molar-refractivity contribution in [3.63, 3.8) is 0 Å². The largest absolute Gasteiger partial charge is 0.464 e. The minimum Gasteiger partial charge on any atom is -0.464 e. The van der Waals surface area contributed by atoms with Gasteiger partial charge in [0.25, 0.3) is 0 Å². The Morgan fingerprint density at radius 3 is 2.43 bits per heavy atom. The van der Waals surface area contributed by atoms with Crippen LogP contribution in [0.3, 0.4) is 0 Å². The van der Waals surface area contributed by atoms with E-state index in [1.165, 1.54) is 0 Å². The zero-order valence-electron chi connectivity index (χ0n) is 13.6. The molecule has 2 saturated heterocycles. The zero-order chi connectivity index (χ0) is 15.9. The van der Waals surface area contributed by atoms with Gasteiger partial charge in [0.05, 0.1) is 6.61 Å². The highest BCUT2D eigenvalue weighted by atomic mass is 28.4. The smallest absolute Gasteiger partial charge is 0.331 e. The molecule has 2 aliphatic heterocycles. The molecule has 0 aromatic heterocycles. The van der Waals surface area contributed by atoms with Gasteiger partial charge in [0.2, 0.25) is 0 Å². The highest BCUT2D eigenvalue weighted by molar-refractivity contribution is 6.74. The first-order valence-electron chi connectivity index (χ1n) is 7.75. The minimum absolute atomic E-state index is 0.117. The van der Waals surface area contributed by atoms with E-state index in [4.69, 9.17) is 14.0 Å². The van der Waals surface area contributed by atoms with Gasteiger partial charge in [0, 0.05) is 12.1 Å². The third kappa shape index (κ3) is 2.17. The molecule has 7 heteroatoms. The minimum atomic E-state index is -2.24. The molecule has 122 valence electrons. The Morgan fingerprint density at radius 1 is 1.33 bits per heavy atom. The van der Waals surface area contributed by atoms with Crippen LogP contribution in [0.1, 0.15) is 33.6 Å². The van der Waals surface area contributed by atoms with Gasteiger partial charge in [-0.2, -0.15) is 5.48 Å². The number of hydroxylamine groups is 1. The Bertz CT molecular complexity index is 412. The Hall–Kier alpha value is -0.473. The Labute approximate surface area is 127 Å². The third-order valence-corrected chi connectivity index (χ3v) is 8.28. The number of nitrogens with one attached hydrogen (secondary N) is 1. The van der Waals surface area contributed by atoms with E-state index in [9.17, 15) is 9.90 Å². The predicted octanol–water partition coefficient (Wildman–Crippen LogP) is 1.35. The first-order chi connectivity index (χ1) is 9.84. The monoisotopic (exact) mass is 317 g/mol. The van der Waals surface area contributed by atoms with Crippen molar-refractivity contribution in [1.82, 2.24) is 5.48 Å². The summed E-state index contributed by atoms with van der Waals surface area (Å²) in [6.45, 7) is 10.1. The van der Waals surface area contributed by atoms with E-state index in [1.807, 2.05) is 26.9 Å². The summed E-state index contributed by atoms with van der Waals surface area (Å²) in [6.07, 6.45) is 1.04. The van der Waals surface area contributed by atoms with Crippen molar-refractivity contribution in [3.8, 4) is 0 Å². The van der Waals surface area contributed by atoms with Crippen LogP contribution in [-0.2, 0) is 18.8 Å². The molecular weight excluding hydrogens is 290 g/mol. The molecule has 0 saturated carbocycles. The van der Waals surface area contributed by atoms with Crippen LogP contribution in [0, 0.1) is 0 Å². The lowest BCUT2D eigenvalue weighted by atomic mass is 9.78. The molecule has 0 aromatic rings. The molecule has 2 N–H and O–H groups in total. The number of hydrogen-bond acceptors (Lipinski definition) is 6. The van der Waals surface area contributed by atoms with E-state index in [-0.39, 0.29) is 18.1 Å². The van der Waals surface area contributed by atoms with Crippen molar-refractivity contribution < 1.29 is 23.9 Å². The lowest BCUT2D eigenvalue weighted by Gasteiger charge is -2.33. The molecule has 0 bridgehead atoms. The van der Waals surface area contributed by atoms with Gasteiger partial charge in [0.15, 0.2) is 13.9 Å². The average molecular weight is 317 g/mol. The van der Waals surface area contributed by atoms with Crippen molar-refractivity contribution in [2.75, 3.05) is 13.2 Å². The average Bonchev–Trinajstić information content (AvgIpc) is 2.87. The Kier molecular flexibility index (Phi) is 4.52. The predicted molar refractivity (Wildman–Crippen MR) is 80.1 cm³/mol. The van der Waals surface area contributed by atoms with E-state index < -0.39 is 25.6 Å². The number of carbonyl (C=O) groups is 1. The summed E-state index contributed by atoms with van der Waals surface area (Å²) in [5, 5.41) is 9.90. The van der Waals surface area contributed by atoms with E-state index in [1.54, 1.807) is 6.92 Å². The second kappa shape index (κ2) is 5.62. The second-order valence-electron chi connectivity index (χ2n) is 6.40. The van der Waals surface area contributed by atoms with Crippen LogP contribution < -0.4 is 5.48 Å². The number of rotatable bonds is 5. The van der Waals surface area contributed by atoms with E-state index in [0.29, 0.717) is 6.61 Å². The maximum atomic E-state index is 12.7. The topological polar surface area (TPSA) is 77.0 Å². The van der Waals surface area contributed by atoms with Crippen molar-refractivity contribution in [1.29, 1.82) is 0 Å². The molecule has 0 spiro atoms. The van der Waals surface area contributed by atoms with Gasteiger partial charge in [-0.15, -0.1) is 0 Å². The molecule has 0 aromatic carbocycles. The Balaban J connectivity index is 2.51. The molecule has 3 atom stereocenters. The molecule has 0 unspecified atom stereocenters. The molecule has 2 rings (SSSR count). The quantitative estimate of drug-likeness (QED) is 0.589. The lowest BCUT2D eigenvalue weighted by Crippen LogP contribution is -2.59. The number of ether oxygens (including phenoxy) is 1. The number of aliphatic hydroxyl groups excluding tert-OH is 1. The summed E-state index contributed by atoms with van der Waals surface area (Å²) in [7, 11) is -2.24. The SMILES string of the molecule is CCOC(=O)[C@]12NOC(CC)(CC)[C@H]1O[Si](C)(C)[C@H]2CO. The molecule has 2 aliphatic rings.